The molecule has 1 aromatic carbocycles. The number of hydrogen-bond acceptors (Lipinski definition) is 4. The zero-order chi connectivity index (χ0) is 20.1. The van der Waals surface area contributed by atoms with E-state index >= 15 is 0 Å². The number of aromatic nitrogens is 2. The van der Waals surface area contributed by atoms with Crippen molar-refractivity contribution >= 4 is 22.6 Å². The van der Waals surface area contributed by atoms with Crippen LogP contribution in [0.5, 0.6) is 5.75 Å². The third-order valence-corrected chi connectivity index (χ3v) is 4.77. The SMILES string of the molecule is CCCCCCn1c(=O)c(C(=O)Nc2cc(C)ccn2)c(O)c2ccccc21. The van der Waals surface area contributed by atoms with Crippen molar-refractivity contribution in [1.29, 1.82) is 0 Å². The number of aromatic hydroxyl groups is 1. The van der Waals surface area contributed by atoms with Gasteiger partial charge in [0.25, 0.3) is 11.5 Å². The Kier molecular flexibility index (Phi) is 6.09. The lowest BCUT2D eigenvalue weighted by Gasteiger charge is -2.15. The summed E-state index contributed by atoms with van der Waals surface area (Å²) in [5.41, 5.74) is 0.823. The number of anilines is 1. The highest BCUT2D eigenvalue weighted by Crippen LogP contribution is 2.27. The summed E-state index contributed by atoms with van der Waals surface area (Å²) in [6, 6.07) is 10.6. The highest BCUT2D eigenvalue weighted by Gasteiger charge is 2.22. The Labute approximate surface area is 163 Å². The molecule has 6 nitrogen and oxygen atoms in total. The van der Waals surface area contributed by atoms with E-state index in [2.05, 4.69) is 17.2 Å². The first kappa shape index (κ1) is 19.6. The summed E-state index contributed by atoms with van der Waals surface area (Å²) in [5.74, 6) is -0.615. The molecule has 0 spiro atoms. The topological polar surface area (TPSA) is 84.2 Å². The number of nitrogens with zero attached hydrogens (tertiary/aromatic N) is 2. The lowest BCUT2D eigenvalue weighted by Crippen LogP contribution is -2.30. The van der Waals surface area contributed by atoms with Gasteiger partial charge in [-0.2, -0.15) is 0 Å². The van der Waals surface area contributed by atoms with Crippen molar-refractivity contribution in [3.05, 3.63) is 64.1 Å². The first-order valence-corrected chi connectivity index (χ1v) is 9.61. The maximum atomic E-state index is 13.1. The van der Waals surface area contributed by atoms with E-state index in [0.717, 1.165) is 31.2 Å². The minimum atomic E-state index is -0.659. The number of hydrogen-bond donors (Lipinski definition) is 2. The Morgan fingerprint density at radius 1 is 1.18 bits per heavy atom. The Bertz CT molecular complexity index is 1060. The van der Waals surface area contributed by atoms with Crippen molar-refractivity contribution in [2.75, 3.05) is 5.32 Å². The third-order valence-electron chi connectivity index (χ3n) is 4.77. The number of rotatable bonds is 7. The van der Waals surface area contributed by atoms with Crippen LogP contribution in [-0.2, 0) is 6.54 Å². The fraction of sp³-hybridized carbons (Fsp3) is 0.318. The van der Waals surface area contributed by atoms with Gasteiger partial charge in [0, 0.05) is 18.1 Å². The highest BCUT2D eigenvalue weighted by atomic mass is 16.3. The predicted octanol–water partition coefficient (Wildman–Crippen LogP) is 4.24. The van der Waals surface area contributed by atoms with Crippen molar-refractivity contribution < 1.29 is 9.90 Å². The number of carbonyl (C=O) groups excluding carboxylic acids is 1. The van der Waals surface area contributed by atoms with Crippen LogP contribution in [0.3, 0.4) is 0 Å². The van der Waals surface area contributed by atoms with Gasteiger partial charge in [0.05, 0.1) is 5.52 Å². The van der Waals surface area contributed by atoms with Crippen LogP contribution in [0.2, 0.25) is 0 Å². The Balaban J connectivity index is 2.03. The second-order valence-electron chi connectivity index (χ2n) is 6.93. The quantitative estimate of drug-likeness (QED) is 0.601. The van der Waals surface area contributed by atoms with E-state index in [1.165, 1.54) is 0 Å². The van der Waals surface area contributed by atoms with Crippen molar-refractivity contribution in [3.8, 4) is 5.75 Å². The molecule has 0 aliphatic carbocycles. The van der Waals surface area contributed by atoms with Crippen LogP contribution >= 0.6 is 0 Å². The lowest BCUT2D eigenvalue weighted by molar-refractivity contribution is 0.102. The maximum Gasteiger partial charge on any atom is 0.267 e. The molecule has 0 saturated heterocycles. The summed E-state index contributed by atoms with van der Waals surface area (Å²) in [4.78, 5) is 30.0. The van der Waals surface area contributed by atoms with Gasteiger partial charge >= 0.3 is 0 Å². The molecule has 0 radical (unpaired) electrons. The van der Waals surface area contributed by atoms with Crippen LogP contribution in [-0.4, -0.2) is 20.6 Å². The fourth-order valence-corrected chi connectivity index (χ4v) is 3.30. The Hall–Kier alpha value is -3.15. The summed E-state index contributed by atoms with van der Waals surface area (Å²) in [6.45, 7) is 4.51. The molecule has 0 fully saturated rings. The van der Waals surface area contributed by atoms with E-state index < -0.39 is 11.5 Å². The van der Waals surface area contributed by atoms with Crippen LogP contribution in [0.25, 0.3) is 10.9 Å². The van der Waals surface area contributed by atoms with Gasteiger partial charge in [0.2, 0.25) is 0 Å². The Morgan fingerprint density at radius 3 is 2.71 bits per heavy atom. The molecule has 1 amide bonds. The zero-order valence-electron chi connectivity index (χ0n) is 16.2. The summed E-state index contributed by atoms with van der Waals surface area (Å²) >= 11 is 0. The van der Waals surface area contributed by atoms with Gasteiger partial charge in [-0.25, -0.2) is 4.98 Å². The standard InChI is InChI=1S/C22H25N3O3/c1-3-4-5-8-13-25-17-10-7-6-9-16(17)20(26)19(22(25)28)21(27)24-18-14-15(2)11-12-23-18/h6-7,9-12,14,26H,3-5,8,13H2,1-2H3,(H,23,24,27). The van der Waals surface area contributed by atoms with E-state index in [4.69, 9.17) is 0 Å². The average Bonchev–Trinajstić information content (AvgIpc) is 2.67. The Morgan fingerprint density at radius 2 is 1.96 bits per heavy atom. The van der Waals surface area contributed by atoms with E-state index in [1.807, 2.05) is 19.1 Å². The molecular weight excluding hydrogens is 354 g/mol. The van der Waals surface area contributed by atoms with Gasteiger partial charge in [-0.1, -0.05) is 38.3 Å². The molecule has 6 heteroatoms. The summed E-state index contributed by atoms with van der Waals surface area (Å²) < 4.78 is 1.59. The largest absolute Gasteiger partial charge is 0.506 e. The second-order valence-corrected chi connectivity index (χ2v) is 6.93. The van der Waals surface area contributed by atoms with Crippen LogP contribution in [0.1, 0.15) is 48.5 Å². The molecule has 0 bridgehead atoms. The first-order chi connectivity index (χ1) is 13.5. The smallest absolute Gasteiger partial charge is 0.267 e. The van der Waals surface area contributed by atoms with E-state index in [-0.39, 0.29) is 11.3 Å². The molecule has 28 heavy (non-hydrogen) atoms. The number of fused-ring (bicyclic) bond motifs is 1. The summed E-state index contributed by atoms with van der Waals surface area (Å²) in [5, 5.41) is 13.8. The van der Waals surface area contributed by atoms with Gasteiger partial charge in [-0.3, -0.25) is 9.59 Å². The number of aryl methyl sites for hydroxylation is 2. The number of para-hydroxylation sites is 1. The molecule has 2 N–H and O–H groups in total. The monoisotopic (exact) mass is 379 g/mol. The molecule has 0 atom stereocenters. The number of nitrogens with one attached hydrogen (secondary N) is 1. The van der Waals surface area contributed by atoms with Crippen molar-refractivity contribution in [3.63, 3.8) is 0 Å². The number of benzene rings is 1. The maximum absolute atomic E-state index is 13.1. The van der Waals surface area contributed by atoms with Gasteiger partial charge < -0.3 is 15.0 Å². The summed E-state index contributed by atoms with van der Waals surface area (Å²) in [6.07, 6.45) is 5.62. The molecule has 3 rings (SSSR count). The van der Waals surface area contributed by atoms with E-state index in [9.17, 15) is 14.7 Å². The van der Waals surface area contributed by atoms with E-state index in [1.54, 1.807) is 35.0 Å². The molecule has 146 valence electrons. The third kappa shape index (κ3) is 4.06. The van der Waals surface area contributed by atoms with Crippen LogP contribution < -0.4 is 10.9 Å². The minimum absolute atomic E-state index is 0.252. The van der Waals surface area contributed by atoms with Crippen molar-refractivity contribution in [1.82, 2.24) is 9.55 Å². The zero-order valence-corrected chi connectivity index (χ0v) is 16.2. The van der Waals surface area contributed by atoms with Crippen molar-refractivity contribution in [2.24, 2.45) is 0 Å². The molecule has 0 aliphatic heterocycles. The van der Waals surface area contributed by atoms with Crippen LogP contribution in [0, 0.1) is 6.92 Å². The number of unbranched alkanes of at least 4 members (excludes halogenated alkanes) is 3. The molecule has 2 aromatic heterocycles. The van der Waals surface area contributed by atoms with Gasteiger partial charge in [-0.15, -0.1) is 0 Å². The molecule has 3 aromatic rings. The van der Waals surface area contributed by atoms with E-state index in [0.29, 0.717) is 23.3 Å². The second kappa shape index (κ2) is 8.69. The molecule has 0 unspecified atom stereocenters. The highest BCUT2D eigenvalue weighted by molar-refractivity contribution is 6.08. The minimum Gasteiger partial charge on any atom is -0.506 e. The number of carbonyl (C=O) groups is 1. The average molecular weight is 379 g/mol. The predicted molar refractivity (Wildman–Crippen MR) is 111 cm³/mol. The van der Waals surface area contributed by atoms with Gasteiger partial charge in [-0.05, 0) is 43.2 Å². The van der Waals surface area contributed by atoms with Crippen LogP contribution in [0.4, 0.5) is 5.82 Å². The number of pyridine rings is 2. The van der Waals surface area contributed by atoms with Gasteiger partial charge in [0.15, 0.2) is 0 Å². The van der Waals surface area contributed by atoms with Gasteiger partial charge in [0.1, 0.15) is 17.1 Å². The molecule has 0 aliphatic rings. The molecular formula is C22H25N3O3. The van der Waals surface area contributed by atoms with Crippen molar-refractivity contribution in [2.45, 2.75) is 46.1 Å². The fourth-order valence-electron chi connectivity index (χ4n) is 3.30. The normalized spacial score (nSPS) is 10.9. The summed E-state index contributed by atoms with van der Waals surface area (Å²) in [7, 11) is 0. The lowest BCUT2D eigenvalue weighted by atomic mass is 10.1. The number of amides is 1. The first-order valence-electron chi connectivity index (χ1n) is 9.61. The molecule has 0 saturated carbocycles. The van der Waals surface area contributed by atoms with Crippen LogP contribution in [0.15, 0.2) is 47.4 Å². The molecule has 2 heterocycles.